The molecule has 4 N–H and O–H groups in total. The first-order chi connectivity index (χ1) is 25.2. The summed E-state index contributed by atoms with van der Waals surface area (Å²) < 4.78 is 32.5. The number of amides is 1. The maximum atomic E-state index is 12.6. The molecule has 52 heavy (non-hydrogen) atoms. The molecule has 0 aliphatic heterocycles. The summed E-state index contributed by atoms with van der Waals surface area (Å²) in [7, 11) is -4.44. The lowest BCUT2D eigenvalue weighted by Gasteiger charge is -2.22. The first-order valence-electron chi connectivity index (χ1n) is 22.1. The lowest BCUT2D eigenvalue weighted by molar-refractivity contribution is -0.130. The van der Waals surface area contributed by atoms with Gasteiger partial charge in [-0.2, -0.15) is 8.42 Å². The van der Waals surface area contributed by atoms with Crippen LogP contribution in [0.2, 0.25) is 0 Å². The molecule has 3 unspecified atom stereocenters. The number of aliphatic hydroxyl groups excluding tert-OH is 2. The Balaban J connectivity index is 3.94. The second-order valence-corrected chi connectivity index (χ2v) is 17.0. The van der Waals surface area contributed by atoms with Crippen LogP contribution in [-0.4, -0.2) is 53.1 Å². The average molecular weight is 756 g/mol. The Morgan fingerprint density at radius 2 is 0.846 bits per heavy atom. The van der Waals surface area contributed by atoms with Crippen molar-refractivity contribution in [2.75, 3.05) is 5.75 Å². The van der Waals surface area contributed by atoms with Crippen molar-refractivity contribution >= 4 is 16.0 Å². The van der Waals surface area contributed by atoms with Crippen LogP contribution < -0.4 is 5.32 Å². The number of unbranched alkanes of at least 4 members (excludes halogenated alkanes) is 29. The van der Waals surface area contributed by atoms with Gasteiger partial charge in [0.15, 0.2) is 0 Å². The van der Waals surface area contributed by atoms with Gasteiger partial charge in [-0.05, 0) is 44.9 Å². The molecular formula is C44H85NO6S. The van der Waals surface area contributed by atoms with E-state index in [4.69, 9.17) is 0 Å². The lowest BCUT2D eigenvalue weighted by atomic mass is 10.0. The summed E-state index contributed by atoms with van der Waals surface area (Å²) in [5, 5.41) is 23.4. The Morgan fingerprint density at radius 3 is 1.21 bits per heavy atom. The molecule has 3 atom stereocenters. The van der Waals surface area contributed by atoms with E-state index < -0.39 is 40.0 Å². The minimum Gasteiger partial charge on any atom is -0.387 e. The minimum atomic E-state index is -4.44. The molecule has 0 spiro atoms. The molecule has 0 radical (unpaired) electrons. The fourth-order valence-electron chi connectivity index (χ4n) is 6.80. The SMILES string of the molecule is CCCCCCCCCCCCC/C=C/C(O)C(CS(=O)(=O)O)NC(=O)C(O)CCCCCCCC/C=C\CCCCCCCCCCCCCC. The zero-order valence-electron chi connectivity index (χ0n) is 34.1. The van der Waals surface area contributed by atoms with Crippen molar-refractivity contribution in [2.24, 2.45) is 0 Å². The van der Waals surface area contributed by atoms with E-state index in [1.165, 1.54) is 160 Å². The minimum absolute atomic E-state index is 0.275. The van der Waals surface area contributed by atoms with Crippen LogP contribution in [0.4, 0.5) is 0 Å². The summed E-state index contributed by atoms with van der Waals surface area (Å²) in [5.41, 5.74) is 0. The largest absolute Gasteiger partial charge is 0.387 e. The molecule has 0 saturated heterocycles. The highest BCUT2D eigenvalue weighted by atomic mass is 32.2. The third kappa shape index (κ3) is 37.1. The van der Waals surface area contributed by atoms with Crippen molar-refractivity contribution in [1.29, 1.82) is 0 Å². The third-order valence-corrected chi connectivity index (χ3v) is 11.0. The Kier molecular flexibility index (Phi) is 37.2. The Morgan fingerprint density at radius 1 is 0.519 bits per heavy atom. The fourth-order valence-corrected chi connectivity index (χ4v) is 7.54. The molecule has 1 amide bonds. The number of hydrogen-bond acceptors (Lipinski definition) is 5. The van der Waals surface area contributed by atoms with Gasteiger partial charge in [-0.25, -0.2) is 0 Å². The van der Waals surface area contributed by atoms with Gasteiger partial charge >= 0.3 is 0 Å². The highest BCUT2D eigenvalue weighted by Gasteiger charge is 2.27. The standard InChI is InChI=1S/C44H85NO6S/c1-3-5-7-9-11-13-15-17-18-19-20-21-22-23-24-25-27-29-31-33-35-37-39-43(47)44(48)45-41(40-52(49,50)51)42(46)38-36-34-32-30-28-26-16-14-12-10-8-6-4-2/h23-24,36,38,41-43,46-47H,3-22,25-35,37,39-40H2,1-2H3,(H,45,48)(H,49,50,51)/b24-23-,38-36+. The Bertz CT molecular complexity index is 937. The van der Waals surface area contributed by atoms with Crippen LogP contribution in [-0.2, 0) is 14.9 Å². The van der Waals surface area contributed by atoms with Crippen LogP contribution in [0.25, 0.3) is 0 Å². The first kappa shape index (κ1) is 50.8. The molecule has 0 aromatic rings. The molecule has 308 valence electrons. The van der Waals surface area contributed by atoms with Crippen molar-refractivity contribution in [2.45, 2.75) is 244 Å². The van der Waals surface area contributed by atoms with Crippen molar-refractivity contribution in [3.63, 3.8) is 0 Å². The third-order valence-electron chi connectivity index (χ3n) is 10.2. The van der Waals surface area contributed by atoms with Crippen molar-refractivity contribution in [3.05, 3.63) is 24.3 Å². The van der Waals surface area contributed by atoms with Crippen LogP contribution in [0.15, 0.2) is 24.3 Å². The molecule has 0 fully saturated rings. The molecule has 0 heterocycles. The van der Waals surface area contributed by atoms with Crippen molar-refractivity contribution in [3.8, 4) is 0 Å². The first-order valence-corrected chi connectivity index (χ1v) is 23.8. The van der Waals surface area contributed by atoms with Crippen LogP contribution in [0.3, 0.4) is 0 Å². The quantitative estimate of drug-likeness (QED) is 0.0280. The number of allylic oxidation sites excluding steroid dienone is 3. The summed E-state index contributed by atoms with van der Waals surface area (Å²) in [6.45, 7) is 4.51. The normalized spacial score (nSPS) is 14.0. The van der Waals surface area contributed by atoms with E-state index in [1.807, 2.05) is 0 Å². The van der Waals surface area contributed by atoms with E-state index >= 15 is 0 Å². The van der Waals surface area contributed by atoms with Gasteiger partial charge in [-0.3, -0.25) is 9.35 Å². The maximum absolute atomic E-state index is 12.6. The van der Waals surface area contributed by atoms with Gasteiger partial charge in [0.2, 0.25) is 5.91 Å². The number of rotatable bonds is 40. The van der Waals surface area contributed by atoms with E-state index in [2.05, 4.69) is 31.3 Å². The van der Waals surface area contributed by atoms with E-state index in [1.54, 1.807) is 6.08 Å². The number of carbonyl (C=O) groups excluding carboxylic acids is 1. The van der Waals surface area contributed by atoms with Gasteiger partial charge in [-0.15, -0.1) is 0 Å². The fraction of sp³-hybridized carbons (Fsp3) is 0.886. The van der Waals surface area contributed by atoms with E-state index in [0.717, 1.165) is 44.9 Å². The summed E-state index contributed by atoms with van der Waals surface area (Å²) in [6.07, 6.45) is 45.2. The number of hydrogen-bond donors (Lipinski definition) is 4. The smallest absolute Gasteiger partial charge is 0.267 e. The Labute approximate surface area is 322 Å². The van der Waals surface area contributed by atoms with Gasteiger partial charge in [-0.1, -0.05) is 205 Å². The second-order valence-electron chi connectivity index (χ2n) is 15.5. The van der Waals surface area contributed by atoms with Gasteiger partial charge in [0.25, 0.3) is 10.1 Å². The summed E-state index contributed by atoms with van der Waals surface area (Å²) >= 11 is 0. The molecule has 0 rings (SSSR count). The molecule has 0 saturated carbocycles. The van der Waals surface area contributed by atoms with E-state index in [0.29, 0.717) is 6.42 Å². The highest BCUT2D eigenvalue weighted by molar-refractivity contribution is 7.85. The second kappa shape index (κ2) is 38.1. The van der Waals surface area contributed by atoms with Crippen LogP contribution >= 0.6 is 0 Å². The molecule has 0 aromatic heterocycles. The summed E-state index contributed by atoms with van der Waals surface area (Å²) in [4.78, 5) is 12.6. The molecule has 0 aliphatic carbocycles. The van der Waals surface area contributed by atoms with Crippen molar-refractivity contribution in [1.82, 2.24) is 5.32 Å². The monoisotopic (exact) mass is 756 g/mol. The van der Waals surface area contributed by atoms with Gasteiger partial charge in [0.1, 0.15) is 6.10 Å². The highest BCUT2D eigenvalue weighted by Crippen LogP contribution is 2.15. The molecule has 8 heteroatoms. The topological polar surface area (TPSA) is 124 Å². The predicted molar refractivity (Wildman–Crippen MR) is 222 cm³/mol. The van der Waals surface area contributed by atoms with Gasteiger partial charge < -0.3 is 15.5 Å². The zero-order valence-corrected chi connectivity index (χ0v) is 34.9. The maximum Gasteiger partial charge on any atom is 0.267 e. The zero-order chi connectivity index (χ0) is 38.4. The Hall–Kier alpha value is -1.22. The molecule has 7 nitrogen and oxygen atoms in total. The predicted octanol–water partition coefficient (Wildman–Crippen LogP) is 12.1. The van der Waals surface area contributed by atoms with Gasteiger partial charge in [0.05, 0.1) is 17.9 Å². The lowest BCUT2D eigenvalue weighted by Crippen LogP contribution is -2.50. The number of nitrogens with one attached hydrogen (secondary N) is 1. The molecular weight excluding hydrogens is 671 g/mol. The number of carbonyl (C=O) groups is 1. The summed E-state index contributed by atoms with van der Waals surface area (Å²) in [5.74, 6) is -1.54. The molecule has 0 aliphatic rings. The van der Waals surface area contributed by atoms with Crippen LogP contribution in [0, 0.1) is 0 Å². The van der Waals surface area contributed by atoms with Crippen LogP contribution in [0.1, 0.15) is 226 Å². The molecule has 0 bridgehead atoms. The van der Waals surface area contributed by atoms with E-state index in [-0.39, 0.29) is 6.42 Å². The average Bonchev–Trinajstić information content (AvgIpc) is 3.11. The van der Waals surface area contributed by atoms with Gasteiger partial charge in [0, 0.05) is 0 Å². The summed E-state index contributed by atoms with van der Waals surface area (Å²) in [6, 6.07) is -1.23. The van der Waals surface area contributed by atoms with Crippen LogP contribution in [0.5, 0.6) is 0 Å². The number of aliphatic hydroxyl groups is 2. The molecule has 0 aromatic carbocycles. The van der Waals surface area contributed by atoms with E-state index in [9.17, 15) is 28.0 Å². The van der Waals surface area contributed by atoms with Crippen molar-refractivity contribution < 1.29 is 28.0 Å².